The molecule has 0 bridgehead atoms. The molecule has 0 aromatic heterocycles. The van der Waals surface area contributed by atoms with E-state index in [1.165, 1.54) is 0 Å². The van der Waals surface area contributed by atoms with E-state index >= 15 is 0 Å². The second-order valence-electron chi connectivity index (χ2n) is 6.13. The van der Waals surface area contributed by atoms with E-state index in [2.05, 4.69) is 11.8 Å². The highest BCUT2D eigenvalue weighted by Gasteiger charge is 2.38. The molecule has 1 heterocycles. The van der Waals surface area contributed by atoms with Crippen molar-refractivity contribution in [3.8, 4) is 0 Å². The van der Waals surface area contributed by atoms with Crippen LogP contribution in [0, 0.1) is 12.8 Å². The maximum Gasteiger partial charge on any atom is 0.243 e. The van der Waals surface area contributed by atoms with Gasteiger partial charge in [0.1, 0.15) is 0 Å². The Morgan fingerprint density at radius 2 is 2.00 bits per heavy atom. The summed E-state index contributed by atoms with van der Waals surface area (Å²) in [6.07, 6.45) is 0. The smallest absolute Gasteiger partial charge is 0.243 e. The highest BCUT2D eigenvalue weighted by atomic mass is 32.2. The van der Waals surface area contributed by atoms with E-state index in [1.807, 2.05) is 33.2 Å². The number of aryl methyl sites for hydroxylation is 1. The summed E-state index contributed by atoms with van der Waals surface area (Å²) in [7, 11) is 0.545. The monoisotopic (exact) mass is 311 g/mol. The number of hydrogen-bond acceptors (Lipinski definition) is 4. The van der Waals surface area contributed by atoms with Crippen LogP contribution >= 0.6 is 0 Å². The lowest BCUT2D eigenvalue weighted by Gasteiger charge is -2.22. The first-order valence-electron chi connectivity index (χ1n) is 7.23. The molecule has 1 aromatic carbocycles. The minimum Gasteiger partial charge on any atom is -0.326 e. The number of benzene rings is 1. The minimum atomic E-state index is -3.45. The van der Waals surface area contributed by atoms with Crippen molar-refractivity contribution >= 4 is 10.0 Å². The minimum absolute atomic E-state index is 0.262. The van der Waals surface area contributed by atoms with E-state index in [0.717, 1.165) is 11.1 Å². The van der Waals surface area contributed by atoms with Gasteiger partial charge in [0.05, 0.1) is 4.90 Å². The Morgan fingerprint density at radius 3 is 2.52 bits per heavy atom. The Bertz CT molecular complexity index is 613. The van der Waals surface area contributed by atoms with Crippen molar-refractivity contribution in [2.75, 3.05) is 27.2 Å². The van der Waals surface area contributed by atoms with Gasteiger partial charge in [-0.15, -0.1) is 0 Å². The maximum atomic E-state index is 12.9. The van der Waals surface area contributed by atoms with Crippen LogP contribution in [0.2, 0.25) is 0 Å². The summed E-state index contributed by atoms with van der Waals surface area (Å²) in [6.45, 7) is 5.39. The molecule has 1 fully saturated rings. The summed E-state index contributed by atoms with van der Waals surface area (Å²) in [5, 5.41) is 0. The number of nitrogens with two attached hydrogens (primary N) is 1. The zero-order valence-electron chi connectivity index (χ0n) is 13.2. The molecule has 6 heteroatoms. The van der Waals surface area contributed by atoms with Gasteiger partial charge in [-0.3, -0.25) is 0 Å². The molecule has 5 nitrogen and oxygen atoms in total. The number of hydrogen-bond donors (Lipinski definition) is 1. The van der Waals surface area contributed by atoms with Gasteiger partial charge in [-0.1, -0.05) is 19.1 Å². The van der Waals surface area contributed by atoms with E-state index in [4.69, 9.17) is 5.73 Å². The van der Waals surface area contributed by atoms with E-state index < -0.39 is 10.0 Å². The summed E-state index contributed by atoms with van der Waals surface area (Å²) in [4.78, 5) is 2.49. The van der Waals surface area contributed by atoms with Crippen molar-refractivity contribution in [3.63, 3.8) is 0 Å². The SMILES string of the molecule is Cc1ccc(CN)cc1S(=O)(=O)N1CC(C)C(N(C)C)C1. The first-order valence-corrected chi connectivity index (χ1v) is 8.67. The Balaban J connectivity index is 2.35. The second-order valence-corrected chi connectivity index (χ2v) is 8.04. The number of sulfonamides is 1. The third-order valence-electron chi connectivity index (χ3n) is 4.31. The van der Waals surface area contributed by atoms with E-state index in [-0.39, 0.29) is 6.04 Å². The molecular weight excluding hydrogens is 286 g/mol. The zero-order valence-corrected chi connectivity index (χ0v) is 14.0. The highest BCUT2D eigenvalue weighted by Crippen LogP contribution is 2.28. The number of rotatable bonds is 4. The molecule has 2 rings (SSSR count). The Labute approximate surface area is 127 Å². The molecule has 1 aromatic rings. The highest BCUT2D eigenvalue weighted by molar-refractivity contribution is 7.89. The van der Waals surface area contributed by atoms with Gasteiger partial charge in [-0.25, -0.2) is 8.42 Å². The fraction of sp³-hybridized carbons (Fsp3) is 0.600. The third-order valence-corrected chi connectivity index (χ3v) is 6.28. The number of nitrogens with zero attached hydrogens (tertiary/aromatic N) is 2. The second kappa shape index (κ2) is 6.04. The summed E-state index contributed by atoms with van der Waals surface area (Å²) < 4.78 is 27.4. The van der Waals surface area contributed by atoms with Gasteiger partial charge >= 0.3 is 0 Å². The van der Waals surface area contributed by atoms with Crippen LogP contribution in [-0.2, 0) is 16.6 Å². The van der Waals surface area contributed by atoms with Gasteiger partial charge in [-0.2, -0.15) is 4.31 Å². The lowest BCUT2D eigenvalue weighted by Crippen LogP contribution is -2.36. The first-order chi connectivity index (χ1) is 9.77. The predicted octanol–water partition coefficient (Wildman–Crippen LogP) is 1.02. The van der Waals surface area contributed by atoms with Crippen LogP contribution < -0.4 is 5.73 Å². The van der Waals surface area contributed by atoms with Gasteiger partial charge in [-0.05, 0) is 44.1 Å². The molecule has 118 valence electrons. The lowest BCUT2D eigenvalue weighted by molar-refractivity contribution is 0.263. The topological polar surface area (TPSA) is 66.6 Å². The quantitative estimate of drug-likeness (QED) is 0.902. The van der Waals surface area contributed by atoms with Crippen molar-refractivity contribution in [3.05, 3.63) is 29.3 Å². The molecule has 2 atom stereocenters. The summed E-state index contributed by atoms with van der Waals surface area (Å²) in [5.41, 5.74) is 7.25. The van der Waals surface area contributed by atoms with Gasteiger partial charge in [0.2, 0.25) is 10.0 Å². The average Bonchev–Trinajstić information content (AvgIpc) is 2.82. The molecular formula is C15H25N3O2S. The van der Waals surface area contributed by atoms with Crippen LogP contribution in [0.4, 0.5) is 0 Å². The fourth-order valence-electron chi connectivity index (χ4n) is 2.96. The van der Waals surface area contributed by atoms with Crippen molar-refractivity contribution in [1.29, 1.82) is 0 Å². The van der Waals surface area contributed by atoms with Gasteiger partial charge in [0.15, 0.2) is 0 Å². The summed E-state index contributed by atoms with van der Waals surface area (Å²) >= 11 is 0. The van der Waals surface area contributed by atoms with Crippen LogP contribution in [0.5, 0.6) is 0 Å². The molecule has 21 heavy (non-hydrogen) atoms. The maximum absolute atomic E-state index is 12.9. The molecule has 1 aliphatic rings. The molecule has 0 radical (unpaired) electrons. The summed E-state index contributed by atoms with van der Waals surface area (Å²) in [5.74, 6) is 0.327. The normalized spacial score (nSPS) is 23.9. The van der Waals surface area contributed by atoms with Crippen molar-refractivity contribution in [2.24, 2.45) is 11.7 Å². The largest absolute Gasteiger partial charge is 0.326 e. The average molecular weight is 311 g/mol. The van der Waals surface area contributed by atoms with E-state index in [0.29, 0.717) is 30.4 Å². The molecule has 0 saturated carbocycles. The molecule has 1 aliphatic heterocycles. The van der Waals surface area contributed by atoms with Gasteiger partial charge < -0.3 is 10.6 Å². The van der Waals surface area contributed by atoms with Gasteiger partial charge in [0, 0.05) is 25.7 Å². The Morgan fingerprint density at radius 1 is 1.33 bits per heavy atom. The molecule has 2 N–H and O–H groups in total. The van der Waals surface area contributed by atoms with Crippen molar-refractivity contribution in [2.45, 2.75) is 31.3 Å². The number of likely N-dealkylation sites (N-methyl/N-ethyl adjacent to an activating group) is 1. The molecule has 0 amide bonds. The molecule has 0 spiro atoms. The molecule has 1 saturated heterocycles. The van der Waals surface area contributed by atoms with Crippen LogP contribution in [0.15, 0.2) is 23.1 Å². The van der Waals surface area contributed by atoms with E-state index in [1.54, 1.807) is 10.4 Å². The molecule has 0 aliphatic carbocycles. The summed E-state index contributed by atoms with van der Waals surface area (Å²) in [6, 6.07) is 5.68. The van der Waals surface area contributed by atoms with Crippen LogP contribution in [0.25, 0.3) is 0 Å². The van der Waals surface area contributed by atoms with Gasteiger partial charge in [0.25, 0.3) is 0 Å². The standard InChI is InChI=1S/C15H25N3O2S/c1-11-5-6-13(8-16)7-15(11)21(19,20)18-9-12(2)14(10-18)17(3)4/h5-7,12,14H,8-10,16H2,1-4H3. The third kappa shape index (κ3) is 3.13. The predicted molar refractivity (Wildman–Crippen MR) is 84.5 cm³/mol. The zero-order chi connectivity index (χ0) is 15.8. The lowest BCUT2D eigenvalue weighted by atomic mass is 10.1. The first kappa shape index (κ1) is 16.4. The van der Waals surface area contributed by atoms with Crippen LogP contribution in [0.1, 0.15) is 18.1 Å². The molecule has 2 unspecified atom stereocenters. The van der Waals surface area contributed by atoms with Crippen LogP contribution in [0.3, 0.4) is 0 Å². The van der Waals surface area contributed by atoms with Crippen molar-refractivity contribution < 1.29 is 8.42 Å². The Hall–Kier alpha value is -0.950. The Kier molecular flexibility index (Phi) is 4.72. The van der Waals surface area contributed by atoms with E-state index in [9.17, 15) is 8.42 Å². The fourth-order valence-corrected chi connectivity index (χ4v) is 4.80. The van der Waals surface area contributed by atoms with Crippen molar-refractivity contribution in [1.82, 2.24) is 9.21 Å². The van der Waals surface area contributed by atoms with Crippen LogP contribution in [-0.4, -0.2) is 50.8 Å².